The average Bonchev–Trinajstić information content (AvgIpc) is 3.51. The molecule has 9 heteroatoms. The van der Waals surface area contributed by atoms with E-state index < -0.39 is 0 Å². The molecule has 4 aromatic heterocycles. The molecule has 0 aliphatic rings. The molecule has 4 heterocycles. The molecule has 4 rings (SSSR count). The van der Waals surface area contributed by atoms with Gasteiger partial charge in [0.1, 0.15) is 17.3 Å². The van der Waals surface area contributed by atoms with E-state index in [1.807, 2.05) is 43.3 Å². The summed E-state index contributed by atoms with van der Waals surface area (Å²) in [5.74, 6) is 3.04. The summed E-state index contributed by atoms with van der Waals surface area (Å²) >= 11 is 0. The van der Waals surface area contributed by atoms with E-state index in [9.17, 15) is 4.79 Å². The Bertz CT molecular complexity index is 1070. The maximum absolute atomic E-state index is 12.3. The van der Waals surface area contributed by atoms with Crippen LogP contribution in [0.3, 0.4) is 0 Å². The highest BCUT2D eigenvalue weighted by molar-refractivity contribution is 5.76. The number of aromatic nitrogens is 4. The van der Waals surface area contributed by atoms with E-state index in [4.69, 9.17) is 8.83 Å². The van der Waals surface area contributed by atoms with E-state index in [-0.39, 0.29) is 11.9 Å². The van der Waals surface area contributed by atoms with Gasteiger partial charge in [0, 0.05) is 25.3 Å². The second kappa shape index (κ2) is 9.25. The molecule has 1 atom stereocenters. The molecule has 30 heavy (non-hydrogen) atoms. The average molecular weight is 408 g/mol. The second-order valence-electron chi connectivity index (χ2n) is 7.12. The Kier molecular flexibility index (Phi) is 6.07. The van der Waals surface area contributed by atoms with Crippen molar-refractivity contribution in [2.45, 2.75) is 45.2 Å². The number of furan rings is 2. The molecule has 0 aliphatic heterocycles. The van der Waals surface area contributed by atoms with Crippen molar-refractivity contribution in [1.29, 1.82) is 0 Å². The normalized spacial score (nSPS) is 12.2. The topological polar surface area (TPSA) is 110 Å². The highest BCUT2D eigenvalue weighted by atomic mass is 16.3. The van der Waals surface area contributed by atoms with Gasteiger partial charge in [-0.3, -0.25) is 4.79 Å². The Morgan fingerprint density at radius 2 is 1.87 bits per heavy atom. The number of amides is 1. The van der Waals surface area contributed by atoms with Crippen LogP contribution in [0.1, 0.15) is 37.1 Å². The van der Waals surface area contributed by atoms with Crippen molar-refractivity contribution >= 4 is 17.4 Å². The molecular weight excluding hydrogens is 384 g/mol. The van der Waals surface area contributed by atoms with E-state index in [2.05, 4.69) is 25.9 Å². The predicted molar refractivity (Wildman–Crippen MR) is 110 cm³/mol. The number of hydrogen-bond acceptors (Lipinski definition) is 7. The second-order valence-corrected chi connectivity index (χ2v) is 7.12. The van der Waals surface area contributed by atoms with Crippen molar-refractivity contribution < 1.29 is 13.6 Å². The first-order chi connectivity index (χ1) is 14.7. The molecule has 0 spiro atoms. The lowest BCUT2D eigenvalue weighted by molar-refractivity contribution is -0.121. The maximum Gasteiger partial charge on any atom is 0.220 e. The summed E-state index contributed by atoms with van der Waals surface area (Å²) in [7, 11) is 0. The number of nitrogens with zero attached hydrogens (tertiary/aromatic N) is 4. The standard InChI is InChI=1S/C21H24N6O3/c1-15(6-7-16-4-2-12-29-16)23-21(28)11-10-20-25-24-19-9-8-18(26-27(19)20)22-14-17-5-3-13-30-17/h2-5,8-9,12-13,15H,6-7,10-11,14H2,1H3,(H,22,26)(H,23,28)/t15-/m1/s1. The first kappa shape index (κ1) is 19.7. The number of carbonyl (C=O) groups excluding carboxylic acids is 1. The van der Waals surface area contributed by atoms with Crippen LogP contribution in [-0.2, 0) is 24.2 Å². The summed E-state index contributed by atoms with van der Waals surface area (Å²) in [6.45, 7) is 2.52. The van der Waals surface area contributed by atoms with Crippen LogP contribution in [0.4, 0.5) is 5.82 Å². The van der Waals surface area contributed by atoms with Crippen molar-refractivity contribution in [3.63, 3.8) is 0 Å². The monoisotopic (exact) mass is 408 g/mol. The van der Waals surface area contributed by atoms with Crippen LogP contribution < -0.4 is 10.6 Å². The zero-order chi connectivity index (χ0) is 20.8. The lowest BCUT2D eigenvalue weighted by atomic mass is 10.1. The van der Waals surface area contributed by atoms with E-state index in [1.165, 1.54) is 0 Å². The third kappa shape index (κ3) is 5.05. The summed E-state index contributed by atoms with van der Waals surface area (Å²) in [4.78, 5) is 12.3. The van der Waals surface area contributed by atoms with Crippen molar-refractivity contribution in [3.8, 4) is 0 Å². The molecule has 1 amide bonds. The van der Waals surface area contributed by atoms with Gasteiger partial charge in [-0.05, 0) is 49.7 Å². The van der Waals surface area contributed by atoms with Crippen molar-refractivity contribution in [2.75, 3.05) is 5.32 Å². The Labute approximate surface area is 173 Å². The van der Waals surface area contributed by atoms with Gasteiger partial charge < -0.3 is 19.5 Å². The van der Waals surface area contributed by atoms with Crippen LogP contribution in [0.5, 0.6) is 0 Å². The number of carbonyl (C=O) groups is 1. The number of nitrogens with one attached hydrogen (secondary N) is 2. The van der Waals surface area contributed by atoms with Gasteiger partial charge in [-0.1, -0.05) is 0 Å². The molecule has 0 radical (unpaired) electrons. The molecule has 0 fully saturated rings. The van der Waals surface area contributed by atoms with Crippen LogP contribution in [-0.4, -0.2) is 31.8 Å². The Balaban J connectivity index is 1.29. The minimum atomic E-state index is -0.0224. The minimum Gasteiger partial charge on any atom is -0.469 e. The van der Waals surface area contributed by atoms with Crippen molar-refractivity contribution in [2.24, 2.45) is 0 Å². The first-order valence-corrected chi connectivity index (χ1v) is 9.97. The third-order valence-corrected chi connectivity index (χ3v) is 4.74. The van der Waals surface area contributed by atoms with Crippen LogP contribution in [0.15, 0.2) is 57.8 Å². The largest absolute Gasteiger partial charge is 0.469 e. The Morgan fingerprint density at radius 1 is 1.07 bits per heavy atom. The third-order valence-electron chi connectivity index (χ3n) is 4.74. The lowest BCUT2D eigenvalue weighted by Crippen LogP contribution is -2.33. The van der Waals surface area contributed by atoms with Crippen LogP contribution in [0.2, 0.25) is 0 Å². The maximum atomic E-state index is 12.3. The highest BCUT2D eigenvalue weighted by Gasteiger charge is 2.12. The minimum absolute atomic E-state index is 0.0224. The van der Waals surface area contributed by atoms with Gasteiger partial charge in [0.2, 0.25) is 5.91 Å². The molecule has 9 nitrogen and oxygen atoms in total. The molecule has 0 aliphatic carbocycles. The van der Waals surface area contributed by atoms with Crippen molar-refractivity contribution in [1.82, 2.24) is 25.1 Å². The van der Waals surface area contributed by atoms with Crippen LogP contribution in [0.25, 0.3) is 5.65 Å². The molecule has 156 valence electrons. The first-order valence-electron chi connectivity index (χ1n) is 9.97. The quantitative estimate of drug-likeness (QED) is 0.415. The highest BCUT2D eigenvalue weighted by Crippen LogP contribution is 2.11. The van der Waals surface area contributed by atoms with Gasteiger partial charge in [0.05, 0.1) is 19.1 Å². The molecule has 4 aromatic rings. The number of aryl methyl sites for hydroxylation is 2. The predicted octanol–water partition coefficient (Wildman–Crippen LogP) is 2.99. The zero-order valence-electron chi connectivity index (χ0n) is 16.7. The molecule has 0 aromatic carbocycles. The van der Waals surface area contributed by atoms with Crippen LogP contribution >= 0.6 is 0 Å². The Morgan fingerprint density at radius 3 is 2.63 bits per heavy atom. The Hall–Kier alpha value is -3.62. The van der Waals surface area contributed by atoms with Gasteiger partial charge in [0.15, 0.2) is 11.5 Å². The van der Waals surface area contributed by atoms with E-state index >= 15 is 0 Å². The summed E-state index contributed by atoms with van der Waals surface area (Å²) in [6, 6.07) is 11.3. The van der Waals surface area contributed by atoms with Crippen molar-refractivity contribution in [3.05, 3.63) is 66.3 Å². The summed E-state index contributed by atoms with van der Waals surface area (Å²) in [5.41, 5.74) is 0.640. The molecule has 0 unspecified atom stereocenters. The van der Waals surface area contributed by atoms with E-state index in [0.717, 1.165) is 24.4 Å². The van der Waals surface area contributed by atoms with Gasteiger partial charge in [-0.15, -0.1) is 15.3 Å². The molecule has 0 bridgehead atoms. The van der Waals surface area contributed by atoms with Gasteiger partial charge in [0.25, 0.3) is 0 Å². The van der Waals surface area contributed by atoms with Crippen LogP contribution in [0, 0.1) is 0 Å². The summed E-state index contributed by atoms with van der Waals surface area (Å²) < 4.78 is 12.3. The molecule has 2 N–H and O–H groups in total. The summed E-state index contributed by atoms with van der Waals surface area (Å²) in [6.07, 6.45) is 5.67. The smallest absolute Gasteiger partial charge is 0.220 e. The zero-order valence-corrected chi connectivity index (χ0v) is 16.7. The lowest BCUT2D eigenvalue weighted by Gasteiger charge is -2.12. The van der Waals surface area contributed by atoms with E-state index in [1.54, 1.807) is 17.0 Å². The molecule has 0 saturated heterocycles. The van der Waals surface area contributed by atoms with E-state index in [0.29, 0.717) is 36.7 Å². The number of rotatable bonds is 10. The fraction of sp³-hybridized carbons (Fsp3) is 0.333. The number of anilines is 1. The molecule has 0 saturated carbocycles. The van der Waals surface area contributed by atoms with Gasteiger partial charge >= 0.3 is 0 Å². The number of hydrogen-bond donors (Lipinski definition) is 2. The van der Waals surface area contributed by atoms with Gasteiger partial charge in [-0.25, -0.2) is 0 Å². The number of fused-ring (bicyclic) bond motifs is 1. The van der Waals surface area contributed by atoms with Gasteiger partial charge in [-0.2, -0.15) is 4.52 Å². The fourth-order valence-electron chi connectivity index (χ4n) is 3.13. The SMILES string of the molecule is C[C@H](CCc1ccco1)NC(=O)CCc1nnc2ccc(NCc3ccco3)nn12. The fourth-order valence-corrected chi connectivity index (χ4v) is 3.13. The summed E-state index contributed by atoms with van der Waals surface area (Å²) in [5, 5.41) is 19.1. The molecular formula is C21H24N6O3.